The van der Waals surface area contributed by atoms with Crippen molar-refractivity contribution in [2.24, 2.45) is 11.7 Å². The average Bonchev–Trinajstić information content (AvgIpc) is 2.41. The van der Waals surface area contributed by atoms with Crippen LogP contribution in [0.2, 0.25) is 0 Å². The predicted molar refractivity (Wildman–Crippen MR) is 88.7 cm³/mol. The normalized spacial score (nSPS) is 12.4. The lowest BCUT2D eigenvalue weighted by atomic mass is 10.0. The number of hydrogen-bond acceptors (Lipinski definition) is 4. The zero-order chi connectivity index (χ0) is 18.0. The highest BCUT2D eigenvalue weighted by Gasteiger charge is 2.18. The summed E-state index contributed by atoms with van der Waals surface area (Å²) in [6.45, 7) is 10.4. The molecule has 0 saturated carbocycles. The predicted octanol–water partition coefficient (Wildman–Crippen LogP) is 1.65. The number of alkyl carbamates (subject to hydrolysis) is 1. The summed E-state index contributed by atoms with van der Waals surface area (Å²) < 4.78 is 5.14. The van der Waals surface area contributed by atoms with E-state index >= 15 is 0 Å². The summed E-state index contributed by atoms with van der Waals surface area (Å²) in [4.78, 5) is 36.5. The smallest absolute Gasteiger partial charge is 0.407 e. The van der Waals surface area contributed by atoms with E-state index in [0.29, 0.717) is 26.1 Å². The molecule has 0 bridgehead atoms. The van der Waals surface area contributed by atoms with Gasteiger partial charge >= 0.3 is 6.09 Å². The standard InChI is InChI=1S/C16H31N3O4/c1-6-10-19(13(20)8-7-12(2)14(17)21)11-9-18-15(22)23-16(3,4)5/h12H,6-11H2,1-5H3,(H2,17,21)(H,18,22). The van der Waals surface area contributed by atoms with E-state index in [1.165, 1.54) is 0 Å². The molecule has 0 aliphatic rings. The van der Waals surface area contributed by atoms with E-state index in [0.717, 1.165) is 6.42 Å². The highest BCUT2D eigenvalue weighted by Crippen LogP contribution is 2.08. The Morgan fingerprint density at radius 3 is 2.30 bits per heavy atom. The maximum absolute atomic E-state index is 12.2. The minimum atomic E-state index is -0.548. The summed E-state index contributed by atoms with van der Waals surface area (Å²) in [7, 11) is 0. The van der Waals surface area contributed by atoms with Crippen LogP contribution in [0.25, 0.3) is 0 Å². The van der Waals surface area contributed by atoms with Crippen LogP contribution in [0.15, 0.2) is 0 Å². The molecule has 0 spiro atoms. The van der Waals surface area contributed by atoms with Crippen molar-refractivity contribution < 1.29 is 19.1 Å². The van der Waals surface area contributed by atoms with Crippen LogP contribution in [0.4, 0.5) is 4.79 Å². The first kappa shape index (κ1) is 21.2. The van der Waals surface area contributed by atoms with Gasteiger partial charge in [-0.3, -0.25) is 9.59 Å². The first-order chi connectivity index (χ1) is 10.6. The van der Waals surface area contributed by atoms with Crippen molar-refractivity contribution in [2.45, 2.75) is 59.5 Å². The minimum absolute atomic E-state index is 0.0362. The van der Waals surface area contributed by atoms with E-state index < -0.39 is 17.6 Å². The van der Waals surface area contributed by atoms with Crippen LogP contribution in [0.1, 0.15) is 53.9 Å². The van der Waals surface area contributed by atoms with Gasteiger partial charge in [0, 0.05) is 32.0 Å². The topological polar surface area (TPSA) is 102 Å². The zero-order valence-electron chi connectivity index (χ0n) is 15.0. The van der Waals surface area contributed by atoms with Gasteiger partial charge in [-0.05, 0) is 33.6 Å². The summed E-state index contributed by atoms with van der Waals surface area (Å²) >= 11 is 0. The number of nitrogens with zero attached hydrogens (tertiary/aromatic N) is 1. The van der Waals surface area contributed by atoms with E-state index in [1.54, 1.807) is 32.6 Å². The molecule has 0 aromatic heterocycles. The van der Waals surface area contributed by atoms with Crippen molar-refractivity contribution in [3.63, 3.8) is 0 Å². The molecule has 0 aliphatic heterocycles. The molecule has 0 radical (unpaired) electrons. The highest BCUT2D eigenvalue weighted by molar-refractivity contribution is 5.79. The van der Waals surface area contributed by atoms with E-state index in [4.69, 9.17) is 10.5 Å². The van der Waals surface area contributed by atoms with Gasteiger partial charge in [0.05, 0.1) is 0 Å². The van der Waals surface area contributed by atoms with Crippen molar-refractivity contribution in [2.75, 3.05) is 19.6 Å². The zero-order valence-corrected chi connectivity index (χ0v) is 15.0. The summed E-state index contributed by atoms with van der Waals surface area (Å²) in [5.41, 5.74) is 4.65. The maximum Gasteiger partial charge on any atom is 0.407 e. The Kier molecular flexibility index (Phi) is 9.29. The molecule has 1 atom stereocenters. The molecule has 7 nitrogen and oxygen atoms in total. The number of hydrogen-bond donors (Lipinski definition) is 2. The second-order valence-corrected chi connectivity index (χ2v) is 6.65. The number of nitrogens with two attached hydrogens (primary N) is 1. The Morgan fingerprint density at radius 2 is 1.83 bits per heavy atom. The van der Waals surface area contributed by atoms with Crippen LogP contribution in [-0.4, -0.2) is 48.0 Å². The molecule has 23 heavy (non-hydrogen) atoms. The van der Waals surface area contributed by atoms with Gasteiger partial charge in [0.1, 0.15) is 5.60 Å². The maximum atomic E-state index is 12.2. The number of nitrogens with one attached hydrogen (secondary N) is 1. The van der Waals surface area contributed by atoms with Crippen LogP contribution in [0.3, 0.4) is 0 Å². The first-order valence-corrected chi connectivity index (χ1v) is 8.10. The van der Waals surface area contributed by atoms with Crippen molar-refractivity contribution in [1.29, 1.82) is 0 Å². The quantitative estimate of drug-likeness (QED) is 0.671. The van der Waals surface area contributed by atoms with Crippen LogP contribution in [0, 0.1) is 5.92 Å². The minimum Gasteiger partial charge on any atom is -0.444 e. The lowest BCUT2D eigenvalue weighted by Crippen LogP contribution is -2.40. The lowest BCUT2D eigenvalue weighted by molar-refractivity contribution is -0.131. The number of ether oxygens (including phenoxy) is 1. The molecule has 7 heteroatoms. The van der Waals surface area contributed by atoms with Crippen LogP contribution >= 0.6 is 0 Å². The van der Waals surface area contributed by atoms with E-state index in [9.17, 15) is 14.4 Å². The Labute approximate surface area is 138 Å². The molecule has 3 N–H and O–H groups in total. The summed E-state index contributed by atoms with van der Waals surface area (Å²) in [6.07, 6.45) is 1.04. The molecule has 0 saturated heterocycles. The van der Waals surface area contributed by atoms with E-state index in [1.807, 2.05) is 6.92 Å². The molecule has 1 unspecified atom stereocenters. The third-order valence-electron chi connectivity index (χ3n) is 3.17. The number of carbonyl (C=O) groups is 3. The van der Waals surface area contributed by atoms with Crippen molar-refractivity contribution in [3.8, 4) is 0 Å². The lowest BCUT2D eigenvalue weighted by Gasteiger charge is -2.24. The molecular weight excluding hydrogens is 298 g/mol. The van der Waals surface area contributed by atoms with Gasteiger partial charge in [-0.1, -0.05) is 13.8 Å². The Hall–Kier alpha value is -1.79. The molecule has 0 aromatic carbocycles. The SMILES string of the molecule is CCCN(CCNC(=O)OC(C)(C)C)C(=O)CCC(C)C(N)=O. The Balaban J connectivity index is 4.27. The molecule has 0 rings (SSSR count). The van der Waals surface area contributed by atoms with Crippen molar-refractivity contribution in [3.05, 3.63) is 0 Å². The van der Waals surface area contributed by atoms with E-state index in [-0.39, 0.29) is 18.2 Å². The van der Waals surface area contributed by atoms with Gasteiger partial charge in [0.25, 0.3) is 0 Å². The Bertz CT molecular complexity index is 405. The average molecular weight is 329 g/mol. The second kappa shape index (κ2) is 10.1. The van der Waals surface area contributed by atoms with E-state index in [2.05, 4.69) is 5.32 Å². The monoisotopic (exact) mass is 329 g/mol. The number of rotatable bonds is 9. The van der Waals surface area contributed by atoms with Gasteiger partial charge in [0.2, 0.25) is 11.8 Å². The molecule has 0 aromatic rings. The number of amides is 3. The second-order valence-electron chi connectivity index (χ2n) is 6.65. The van der Waals surface area contributed by atoms with Gasteiger partial charge < -0.3 is 20.7 Å². The third-order valence-corrected chi connectivity index (χ3v) is 3.17. The highest BCUT2D eigenvalue weighted by atomic mass is 16.6. The fourth-order valence-electron chi connectivity index (χ4n) is 1.88. The number of carbonyl (C=O) groups excluding carboxylic acids is 3. The van der Waals surface area contributed by atoms with Crippen molar-refractivity contribution in [1.82, 2.24) is 10.2 Å². The fraction of sp³-hybridized carbons (Fsp3) is 0.812. The van der Waals surface area contributed by atoms with Gasteiger partial charge in [-0.15, -0.1) is 0 Å². The molecule has 0 fully saturated rings. The molecule has 134 valence electrons. The van der Waals surface area contributed by atoms with Gasteiger partial charge in [-0.25, -0.2) is 4.79 Å². The molecule has 3 amide bonds. The summed E-state index contributed by atoms with van der Waals surface area (Å²) in [5, 5.41) is 2.64. The summed E-state index contributed by atoms with van der Waals surface area (Å²) in [5.74, 6) is -0.750. The first-order valence-electron chi connectivity index (χ1n) is 8.10. The number of primary amides is 1. The van der Waals surface area contributed by atoms with Crippen LogP contribution in [0.5, 0.6) is 0 Å². The van der Waals surface area contributed by atoms with Crippen LogP contribution in [-0.2, 0) is 14.3 Å². The van der Waals surface area contributed by atoms with Crippen molar-refractivity contribution >= 4 is 17.9 Å². The van der Waals surface area contributed by atoms with Gasteiger partial charge in [0.15, 0.2) is 0 Å². The molecular formula is C16H31N3O4. The molecule has 0 heterocycles. The van der Waals surface area contributed by atoms with Crippen LogP contribution < -0.4 is 11.1 Å². The third kappa shape index (κ3) is 10.5. The fourth-order valence-corrected chi connectivity index (χ4v) is 1.88. The Morgan fingerprint density at radius 1 is 1.22 bits per heavy atom. The largest absolute Gasteiger partial charge is 0.444 e. The van der Waals surface area contributed by atoms with Gasteiger partial charge in [-0.2, -0.15) is 0 Å². The molecule has 0 aliphatic carbocycles. The summed E-state index contributed by atoms with van der Waals surface area (Å²) in [6, 6.07) is 0.